The van der Waals surface area contributed by atoms with Gasteiger partial charge in [0.15, 0.2) is 0 Å². The van der Waals surface area contributed by atoms with Crippen molar-refractivity contribution in [3.63, 3.8) is 0 Å². The molecule has 0 heterocycles. The van der Waals surface area contributed by atoms with Crippen molar-refractivity contribution in [2.45, 2.75) is 19.4 Å². The van der Waals surface area contributed by atoms with Crippen molar-refractivity contribution in [2.75, 3.05) is 7.11 Å². The van der Waals surface area contributed by atoms with E-state index in [1.165, 1.54) is 0 Å². The van der Waals surface area contributed by atoms with Gasteiger partial charge in [0.2, 0.25) is 0 Å². The SMILES string of the molecule is COc1ccccc1C(N)CC(C)C(=O)O. The molecule has 2 unspecified atom stereocenters. The van der Waals surface area contributed by atoms with Gasteiger partial charge in [0, 0.05) is 11.6 Å². The molecule has 4 nitrogen and oxygen atoms in total. The van der Waals surface area contributed by atoms with Gasteiger partial charge in [-0.3, -0.25) is 4.79 Å². The third-order valence-corrected chi connectivity index (χ3v) is 2.57. The normalized spacial score (nSPS) is 14.2. The molecule has 0 aliphatic heterocycles. The van der Waals surface area contributed by atoms with Crippen LogP contribution in [0.4, 0.5) is 0 Å². The van der Waals surface area contributed by atoms with Crippen molar-refractivity contribution in [2.24, 2.45) is 11.7 Å². The number of aliphatic carboxylic acids is 1. The summed E-state index contributed by atoms with van der Waals surface area (Å²) in [6, 6.07) is 7.08. The van der Waals surface area contributed by atoms with Crippen LogP contribution in [0.1, 0.15) is 24.9 Å². The van der Waals surface area contributed by atoms with E-state index < -0.39 is 11.9 Å². The molecule has 4 heteroatoms. The van der Waals surface area contributed by atoms with E-state index in [-0.39, 0.29) is 6.04 Å². The highest BCUT2D eigenvalue weighted by atomic mass is 16.5. The van der Waals surface area contributed by atoms with Gasteiger partial charge >= 0.3 is 5.97 Å². The molecule has 0 bridgehead atoms. The summed E-state index contributed by atoms with van der Waals surface area (Å²) in [5.41, 5.74) is 6.81. The molecule has 0 fully saturated rings. The highest BCUT2D eigenvalue weighted by Gasteiger charge is 2.18. The minimum atomic E-state index is -0.828. The van der Waals surface area contributed by atoms with E-state index >= 15 is 0 Å². The Balaban J connectivity index is 2.79. The fraction of sp³-hybridized carbons (Fsp3) is 0.417. The predicted octanol–water partition coefficient (Wildman–Crippen LogP) is 1.81. The van der Waals surface area contributed by atoms with Gasteiger partial charge in [-0.2, -0.15) is 0 Å². The van der Waals surface area contributed by atoms with Crippen molar-refractivity contribution in [3.05, 3.63) is 29.8 Å². The van der Waals surface area contributed by atoms with Gasteiger partial charge in [0.25, 0.3) is 0 Å². The molecule has 88 valence electrons. The molecule has 0 aliphatic rings. The van der Waals surface area contributed by atoms with Crippen LogP contribution in [0.25, 0.3) is 0 Å². The Bertz CT molecular complexity index is 365. The number of nitrogens with two attached hydrogens (primary N) is 1. The minimum absolute atomic E-state index is 0.317. The maximum absolute atomic E-state index is 10.7. The number of hydrogen-bond acceptors (Lipinski definition) is 3. The molecule has 0 aromatic heterocycles. The zero-order valence-electron chi connectivity index (χ0n) is 9.51. The van der Waals surface area contributed by atoms with E-state index in [0.29, 0.717) is 12.2 Å². The molecule has 0 amide bonds. The van der Waals surface area contributed by atoms with Crippen LogP contribution < -0.4 is 10.5 Å². The Morgan fingerprint density at radius 2 is 2.12 bits per heavy atom. The molecule has 0 saturated carbocycles. The summed E-state index contributed by atoms with van der Waals surface area (Å²) in [6.07, 6.45) is 0.399. The van der Waals surface area contributed by atoms with Gasteiger partial charge in [-0.25, -0.2) is 0 Å². The summed E-state index contributed by atoms with van der Waals surface area (Å²) < 4.78 is 5.18. The van der Waals surface area contributed by atoms with E-state index in [1.54, 1.807) is 14.0 Å². The van der Waals surface area contributed by atoms with Crippen molar-refractivity contribution >= 4 is 5.97 Å². The topological polar surface area (TPSA) is 72.5 Å². The van der Waals surface area contributed by atoms with Crippen molar-refractivity contribution in [1.82, 2.24) is 0 Å². The van der Waals surface area contributed by atoms with Crippen LogP contribution in [-0.2, 0) is 4.79 Å². The van der Waals surface area contributed by atoms with E-state index in [9.17, 15) is 4.79 Å². The molecular formula is C12H17NO3. The molecule has 0 aliphatic carbocycles. The number of carboxylic acids is 1. The first-order valence-electron chi connectivity index (χ1n) is 5.17. The zero-order chi connectivity index (χ0) is 12.1. The largest absolute Gasteiger partial charge is 0.496 e. The number of ether oxygens (including phenoxy) is 1. The monoisotopic (exact) mass is 223 g/mol. The minimum Gasteiger partial charge on any atom is -0.496 e. The first kappa shape index (κ1) is 12.5. The lowest BCUT2D eigenvalue weighted by atomic mass is 9.96. The summed E-state index contributed by atoms with van der Waals surface area (Å²) in [5.74, 6) is -0.585. The fourth-order valence-electron chi connectivity index (χ4n) is 1.58. The lowest BCUT2D eigenvalue weighted by Gasteiger charge is -2.17. The van der Waals surface area contributed by atoms with Gasteiger partial charge in [-0.1, -0.05) is 25.1 Å². The number of carbonyl (C=O) groups is 1. The molecule has 0 radical (unpaired) electrons. The molecular weight excluding hydrogens is 206 g/mol. The second-order valence-electron chi connectivity index (χ2n) is 3.82. The highest BCUT2D eigenvalue weighted by molar-refractivity contribution is 5.69. The Morgan fingerprint density at radius 1 is 1.50 bits per heavy atom. The summed E-state index contributed by atoms with van der Waals surface area (Å²) >= 11 is 0. The van der Waals surface area contributed by atoms with Crippen LogP contribution >= 0.6 is 0 Å². The predicted molar refractivity (Wildman–Crippen MR) is 61.3 cm³/mol. The third-order valence-electron chi connectivity index (χ3n) is 2.57. The molecule has 16 heavy (non-hydrogen) atoms. The number of rotatable bonds is 5. The van der Waals surface area contributed by atoms with Crippen LogP contribution in [0.15, 0.2) is 24.3 Å². The number of hydrogen-bond donors (Lipinski definition) is 2. The van der Waals surface area contributed by atoms with Crippen molar-refractivity contribution in [3.8, 4) is 5.75 Å². The Labute approximate surface area is 95.0 Å². The fourth-order valence-corrected chi connectivity index (χ4v) is 1.58. The summed E-state index contributed by atoms with van der Waals surface area (Å²) in [4.78, 5) is 10.7. The zero-order valence-corrected chi connectivity index (χ0v) is 9.51. The second-order valence-corrected chi connectivity index (χ2v) is 3.82. The third kappa shape index (κ3) is 2.97. The lowest BCUT2D eigenvalue weighted by molar-refractivity contribution is -0.141. The van der Waals surface area contributed by atoms with Crippen molar-refractivity contribution in [1.29, 1.82) is 0 Å². The number of methoxy groups -OCH3 is 1. The molecule has 1 rings (SSSR count). The first-order valence-corrected chi connectivity index (χ1v) is 5.17. The Morgan fingerprint density at radius 3 is 2.69 bits per heavy atom. The average molecular weight is 223 g/mol. The van der Waals surface area contributed by atoms with E-state index in [1.807, 2.05) is 24.3 Å². The molecule has 0 spiro atoms. The van der Waals surface area contributed by atoms with Crippen LogP contribution in [0, 0.1) is 5.92 Å². The van der Waals surface area contributed by atoms with Crippen LogP contribution in [0.5, 0.6) is 5.75 Å². The molecule has 2 atom stereocenters. The Hall–Kier alpha value is -1.55. The molecule has 3 N–H and O–H groups in total. The van der Waals surface area contributed by atoms with Gasteiger partial charge in [0.05, 0.1) is 13.0 Å². The van der Waals surface area contributed by atoms with E-state index in [4.69, 9.17) is 15.6 Å². The summed E-state index contributed by atoms with van der Waals surface area (Å²) in [7, 11) is 1.58. The van der Waals surface area contributed by atoms with E-state index in [0.717, 1.165) is 5.56 Å². The Kier molecular flexibility index (Phi) is 4.31. The molecule has 1 aromatic carbocycles. The summed E-state index contributed by atoms with van der Waals surface area (Å²) in [6.45, 7) is 1.65. The number of para-hydroxylation sites is 1. The van der Waals surface area contributed by atoms with E-state index in [2.05, 4.69) is 0 Å². The number of carboxylic acid groups (broad SMARTS) is 1. The van der Waals surface area contributed by atoms with Crippen LogP contribution in [0.3, 0.4) is 0 Å². The smallest absolute Gasteiger partial charge is 0.306 e. The van der Waals surface area contributed by atoms with Crippen LogP contribution in [-0.4, -0.2) is 18.2 Å². The average Bonchev–Trinajstić information content (AvgIpc) is 2.28. The first-order chi connectivity index (χ1) is 7.56. The molecule has 1 aromatic rings. The maximum atomic E-state index is 10.7. The van der Waals surface area contributed by atoms with Gasteiger partial charge in [-0.05, 0) is 12.5 Å². The quantitative estimate of drug-likeness (QED) is 0.798. The molecule has 0 saturated heterocycles. The van der Waals surface area contributed by atoms with Crippen molar-refractivity contribution < 1.29 is 14.6 Å². The number of benzene rings is 1. The van der Waals surface area contributed by atoms with Gasteiger partial charge < -0.3 is 15.6 Å². The van der Waals surface area contributed by atoms with Crippen LogP contribution in [0.2, 0.25) is 0 Å². The van der Waals surface area contributed by atoms with Gasteiger partial charge in [-0.15, -0.1) is 0 Å². The second kappa shape index (κ2) is 5.51. The standard InChI is InChI=1S/C12H17NO3/c1-8(12(14)15)7-10(13)9-5-3-4-6-11(9)16-2/h3-6,8,10H,7,13H2,1-2H3,(H,14,15). The maximum Gasteiger partial charge on any atom is 0.306 e. The lowest BCUT2D eigenvalue weighted by Crippen LogP contribution is -2.19. The summed E-state index contributed by atoms with van der Waals surface area (Å²) in [5, 5.41) is 8.82. The highest BCUT2D eigenvalue weighted by Crippen LogP contribution is 2.27. The van der Waals surface area contributed by atoms with Gasteiger partial charge in [0.1, 0.15) is 5.75 Å².